The highest BCUT2D eigenvalue weighted by Crippen LogP contribution is 2.13. The van der Waals surface area contributed by atoms with Crippen molar-refractivity contribution in [2.75, 3.05) is 6.61 Å². The van der Waals surface area contributed by atoms with Gasteiger partial charge in [-0.25, -0.2) is 9.13 Å². The van der Waals surface area contributed by atoms with E-state index in [2.05, 4.69) is 35.6 Å². The first-order valence-corrected chi connectivity index (χ1v) is 3.89. The van der Waals surface area contributed by atoms with Crippen LogP contribution >= 0.6 is 0 Å². The maximum Gasteiger partial charge on any atom is 0.258 e. The second-order valence-corrected chi connectivity index (χ2v) is 3.10. The summed E-state index contributed by atoms with van der Waals surface area (Å²) < 4.78 is 9.45. The monoisotopic (exact) mass is 153 g/mol. The number of rotatable bonds is 2. The van der Waals surface area contributed by atoms with Gasteiger partial charge in [-0.05, 0) is 0 Å². The molecule has 0 aromatic carbocycles. The van der Waals surface area contributed by atoms with Gasteiger partial charge in [0.25, 0.3) is 5.82 Å². The molecule has 0 aliphatic carbocycles. The van der Waals surface area contributed by atoms with Gasteiger partial charge in [0.15, 0.2) is 0 Å². The van der Waals surface area contributed by atoms with Gasteiger partial charge in [0.1, 0.15) is 12.4 Å². The van der Waals surface area contributed by atoms with Crippen LogP contribution in [0.4, 0.5) is 0 Å². The summed E-state index contributed by atoms with van der Waals surface area (Å²) in [5, 5.41) is 0. The van der Waals surface area contributed by atoms with E-state index in [0.29, 0.717) is 6.10 Å². The molecule has 3 nitrogen and oxygen atoms in total. The number of nitrogens with zero attached hydrogens (tertiary/aromatic N) is 2. The molecule has 1 aromatic rings. The molecule has 11 heavy (non-hydrogen) atoms. The third kappa shape index (κ3) is 1.28. The van der Waals surface area contributed by atoms with E-state index in [1.807, 2.05) is 0 Å². The molecule has 1 aliphatic rings. The summed E-state index contributed by atoms with van der Waals surface area (Å²) in [6, 6.07) is 0. The summed E-state index contributed by atoms with van der Waals surface area (Å²) in [7, 11) is 4.13. The van der Waals surface area contributed by atoms with Gasteiger partial charge >= 0.3 is 0 Å². The van der Waals surface area contributed by atoms with Crippen molar-refractivity contribution in [1.29, 1.82) is 0 Å². The number of hydrogen-bond donors (Lipinski definition) is 0. The summed E-state index contributed by atoms with van der Waals surface area (Å²) in [4.78, 5) is 0. The highest BCUT2D eigenvalue weighted by Gasteiger charge is 2.28. The fourth-order valence-electron chi connectivity index (χ4n) is 1.30. The van der Waals surface area contributed by atoms with Crippen LogP contribution in [-0.4, -0.2) is 17.3 Å². The van der Waals surface area contributed by atoms with Crippen molar-refractivity contribution in [2.24, 2.45) is 14.1 Å². The zero-order chi connectivity index (χ0) is 7.84. The van der Waals surface area contributed by atoms with Crippen LogP contribution in [0, 0.1) is 0 Å². The highest BCUT2D eigenvalue weighted by molar-refractivity contribution is 4.88. The molecule has 0 N–H and O–H groups in total. The standard InChI is InChI=1S/C8H13N2O/c1-9-3-4-10(2)8(9)5-7-6-11-7/h3-4,7H,5-6H2,1-2H3/q+1. The predicted octanol–water partition coefficient (Wildman–Crippen LogP) is -0.209. The molecular formula is C8H13N2O+. The van der Waals surface area contributed by atoms with E-state index in [1.165, 1.54) is 5.82 Å². The normalized spacial score (nSPS) is 22.2. The Labute approximate surface area is 66.2 Å². The van der Waals surface area contributed by atoms with E-state index in [0.717, 1.165) is 13.0 Å². The van der Waals surface area contributed by atoms with Gasteiger partial charge in [-0.3, -0.25) is 0 Å². The largest absolute Gasteiger partial charge is 0.372 e. The zero-order valence-corrected chi connectivity index (χ0v) is 6.95. The molecular weight excluding hydrogens is 140 g/mol. The average Bonchev–Trinajstić information content (AvgIpc) is 2.73. The first kappa shape index (κ1) is 6.85. The van der Waals surface area contributed by atoms with Crippen LogP contribution in [-0.2, 0) is 25.3 Å². The van der Waals surface area contributed by atoms with Crippen molar-refractivity contribution in [3.05, 3.63) is 18.2 Å². The minimum Gasteiger partial charge on any atom is -0.372 e. The van der Waals surface area contributed by atoms with Crippen LogP contribution in [0.15, 0.2) is 12.4 Å². The first-order chi connectivity index (χ1) is 5.27. The third-order valence-corrected chi connectivity index (χ3v) is 2.14. The number of hydrogen-bond acceptors (Lipinski definition) is 1. The highest BCUT2D eigenvalue weighted by atomic mass is 16.6. The molecule has 2 rings (SSSR count). The smallest absolute Gasteiger partial charge is 0.258 e. The lowest BCUT2D eigenvalue weighted by atomic mass is 10.3. The second kappa shape index (κ2) is 2.34. The fourth-order valence-corrected chi connectivity index (χ4v) is 1.30. The third-order valence-electron chi connectivity index (χ3n) is 2.14. The molecule has 60 valence electrons. The van der Waals surface area contributed by atoms with Crippen molar-refractivity contribution in [3.63, 3.8) is 0 Å². The maximum absolute atomic E-state index is 5.17. The zero-order valence-electron chi connectivity index (χ0n) is 6.95. The molecule has 1 fully saturated rings. The van der Waals surface area contributed by atoms with Crippen molar-refractivity contribution in [3.8, 4) is 0 Å². The summed E-state index contributed by atoms with van der Waals surface area (Å²) >= 11 is 0. The van der Waals surface area contributed by atoms with Gasteiger partial charge in [-0.2, -0.15) is 0 Å². The number of epoxide rings is 1. The van der Waals surface area contributed by atoms with Gasteiger partial charge in [0.05, 0.1) is 33.2 Å². The minimum atomic E-state index is 0.481. The van der Waals surface area contributed by atoms with Crippen molar-refractivity contribution in [2.45, 2.75) is 12.5 Å². The van der Waals surface area contributed by atoms with E-state index in [4.69, 9.17) is 4.74 Å². The van der Waals surface area contributed by atoms with Crippen molar-refractivity contribution >= 4 is 0 Å². The van der Waals surface area contributed by atoms with Gasteiger partial charge in [0.2, 0.25) is 0 Å². The van der Waals surface area contributed by atoms with Gasteiger partial charge in [-0.1, -0.05) is 0 Å². The molecule has 0 spiro atoms. The summed E-state index contributed by atoms with van der Waals surface area (Å²) in [5.41, 5.74) is 0. The summed E-state index contributed by atoms with van der Waals surface area (Å²) in [5.74, 6) is 1.33. The predicted molar refractivity (Wildman–Crippen MR) is 40.0 cm³/mol. The van der Waals surface area contributed by atoms with Gasteiger partial charge < -0.3 is 4.74 Å². The van der Waals surface area contributed by atoms with Crippen LogP contribution in [0.5, 0.6) is 0 Å². The van der Waals surface area contributed by atoms with E-state index in [9.17, 15) is 0 Å². The fraction of sp³-hybridized carbons (Fsp3) is 0.625. The molecule has 0 amide bonds. The Morgan fingerprint density at radius 1 is 1.82 bits per heavy atom. The second-order valence-electron chi connectivity index (χ2n) is 3.10. The van der Waals surface area contributed by atoms with Crippen molar-refractivity contribution in [1.82, 2.24) is 4.57 Å². The number of aryl methyl sites for hydroxylation is 2. The van der Waals surface area contributed by atoms with Crippen molar-refractivity contribution < 1.29 is 9.30 Å². The lowest BCUT2D eigenvalue weighted by Gasteiger charge is -1.93. The molecule has 2 heterocycles. The molecule has 0 bridgehead atoms. The first-order valence-electron chi connectivity index (χ1n) is 3.89. The van der Waals surface area contributed by atoms with Crippen LogP contribution < -0.4 is 4.57 Å². The molecule has 1 saturated heterocycles. The average molecular weight is 153 g/mol. The molecule has 3 heteroatoms. The number of aromatic nitrogens is 2. The molecule has 1 aromatic heterocycles. The van der Waals surface area contributed by atoms with Crippen LogP contribution in [0.2, 0.25) is 0 Å². The lowest BCUT2D eigenvalue weighted by molar-refractivity contribution is -0.678. The minimum absolute atomic E-state index is 0.481. The molecule has 0 saturated carbocycles. The van der Waals surface area contributed by atoms with E-state index >= 15 is 0 Å². The van der Waals surface area contributed by atoms with Crippen LogP contribution in [0.25, 0.3) is 0 Å². The summed E-state index contributed by atoms with van der Waals surface area (Å²) in [6.07, 6.45) is 5.66. The molecule has 1 aliphatic heterocycles. The van der Waals surface area contributed by atoms with Crippen LogP contribution in [0.3, 0.4) is 0 Å². The number of imidazole rings is 1. The Bertz CT molecular complexity index is 244. The molecule has 1 atom stereocenters. The Morgan fingerprint density at radius 2 is 2.55 bits per heavy atom. The Balaban J connectivity index is 2.19. The SMILES string of the molecule is Cn1cc[n+](C)c1CC1CO1. The topological polar surface area (TPSA) is 21.3 Å². The summed E-state index contributed by atoms with van der Waals surface area (Å²) in [6.45, 7) is 0.936. The Morgan fingerprint density at radius 3 is 3.00 bits per heavy atom. The Hall–Kier alpha value is -0.830. The van der Waals surface area contributed by atoms with E-state index < -0.39 is 0 Å². The molecule has 1 unspecified atom stereocenters. The number of ether oxygens (including phenoxy) is 1. The van der Waals surface area contributed by atoms with Gasteiger partial charge in [0, 0.05) is 0 Å². The van der Waals surface area contributed by atoms with E-state index in [1.54, 1.807) is 0 Å². The van der Waals surface area contributed by atoms with Crippen LogP contribution in [0.1, 0.15) is 5.82 Å². The lowest BCUT2D eigenvalue weighted by Crippen LogP contribution is -2.32. The maximum atomic E-state index is 5.17. The molecule has 0 radical (unpaired) electrons. The Kier molecular flexibility index (Phi) is 1.46. The van der Waals surface area contributed by atoms with E-state index in [-0.39, 0.29) is 0 Å². The quantitative estimate of drug-likeness (QED) is 0.425. The van der Waals surface area contributed by atoms with Gasteiger partial charge in [-0.15, -0.1) is 0 Å².